The minimum Gasteiger partial charge on any atom is -0.477 e. The van der Waals surface area contributed by atoms with Gasteiger partial charge in [-0.25, -0.2) is 4.79 Å². The smallest absolute Gasteiger partial charge is 0.364 e. The molecule has 0 saturated carbocycles. The second-order valence-corrected chi connectivity index (χ2v) is 27.5. The molecule has 0 aromatic rings. The number of hydrogen-bond donors (Lipinski definition) is 14. The highest BCUT2D eigenvalue weighted by Crippen LogP contribution is 2.39. The van der Waals surface area contributed by atoms with Crippen LogP contribution in [0, 0.1) is 0 Å². The van der Waals surface area contributed by atoms with E-state index in [-0.39, 0.29) is 12.3 Å². The summed E-state index contributed by atoms with van der Waals surface area (Å²) in [5, 5.41) is 136. The number of carbonyl (C=O) groups is 3. The van der Waals surface area contributed by atoms with Gasteiger partial charge in [-0.1, -0.05) is 264 Å². The van der Waals surface area contributed by atoms with Gasteiger partial charge in [-0.3, -0.25) is 9.59 Å². The van der Waals surface area contributed by atoms with Gasteiger partial charge >= 0.3 is 5.97 Å². The maximum Gasteiger partial charge on any atom is 0.364 e. The Morgan fingerprint density at radius 3 is 1.40 bits per heavy atom. The molecule has 558 valence electrons. The summed E-state index contributed by atoms with van der Waals surface area (Å²) in [5.74, 6) is -6.13. The molecule has 0 spiro atoms. The van der Waals surface area contributed by atoms with Gasteiger partial charge in [0.1, 0.15) is 67.1 Å². The molecule has 18 atom stereocenters. The Kier molecular flexibility index (Phi) is 47.9. The number of hydrogen-bond acceptors (Lipinski definition) is 20. The molecule has 3 rings (SSSR count). The highest BCUT2D eigenvalue weighted by molar-refractivity contribution is 5.77. The molecule has 3 fully saturated rings. The fourth-order valence-electron chi connectivity index (χ4n) is 13.2. The lowest BCUT2D eigenvalue weighted by molar-refractivity contribution is -0.386. The van der Waals surface area contributed by atoms with E-state index >= 15 is 0 Å². The first-order valence-electron chi connectivity index (χ1n) is 37.6. The molecule has 0 aliphatic carbocycles. The number of allylic oxidation sites excluding steroid dienone is 1. The highest BCUT2D eigenvalue weighted by atomic mass is 16.8. The van der Waals surface area contributed by atoms with E-state index in [1.807, 2.05) is 6.08 Å². The van der Waals surface area contributed by atoms with E-state index in [9.17, 15) is 75.7 Å². The summed E-state index contributed by atoms with van der Waals surface area (Å²) in [6.45, 7) is 2.18. The Labute approximate surface area is 569 Å². The van der Waals surface area contributed by atoms with Crippen molar-refractivity contribution < 1.29 is 104 Å². The van der Waals surface area contributed by atoms with E-state index in [0.29, 0.717) is 12.8 Å². The van der Waals surface area contributed by atoms with Crippen LogP contribution >= 0.6 is 0 Å². The molecule has 3 saturated heterocycles. The number of carbonyl (C=O) groups excluding carboxylic acids is 2. The monoisotopic (exact) mass is 1360 g/mol. The van der Waals surface area contributed by atoms with Gasteiger partial charge in [0.25, 0.3) is 5.79 Å². The zero-order valence-electron chi connectivity index (χ0n) is 58.5. The Morgan fingerprint density at radius 1 is 0.547 bits per heavy atom. The van der Waals surface area contributed by atoms with Crippen LogP contribution in [0.1, 0.15) is 290 Å². The number of rotatable bonds is 58. The molecule has 0 bridgehead atoms. The Bertz CT molecular complexity index is 1960. The van der Waals surface area contributed by atoms with E-state index in [4.69, 9.17) is 28.4 Å². The normalized spacial score (nSPS) is 27.7. The lowest BCUT2D eigenvalue weighted by Crippen LogP contribution is -2.70. The molecule has 0 aromatic heterocycles. The molecule has 0 radical (unpaired) electrons. The summed E-state index contributed by atoms with van der Waals surface area (Å²) in [4.78, 5) is 38.6. The first-order valence-corrected chi connectivity index (χ1v) is 37.6. The number of nitrogens with one attached hydrogen (secondary N) is 2. The fourth-order valence-corrected chi connectivity index (χ4v) is 13.2. The van der Waals surface area contributed by atoms with Crippen molar-refractivity contribution in [2.24, 2.45) is 0 Å². The third-order valence-electron chi connectivity index (χ3n) is 19.2. The van der Waals surface area contributed by atoms with Gasteiger partial charge < -0.3 is 100 Å². The number of aliphatic hydroxyl groups excluding tert-OH is 11. The molecule has 23 heteroatoms. The molecule has 14 N–H and O–H groups in total. The lowest BCUT2D eigenvalue weighted by Gasteiger charge is -2.50. The quantitative estimate of drug-likeness (QED) is 0.0201. The van der Waals surface area contributed by atoms with Crippen LogP contribution in [0.3, 0.4) is 0 Å². The summed E-state index contributed by atoms with van der Waals surface area (Å²) in [5.41, 5.74) is 0. The number of carboxylic acid groups (broad SMARTS) is 1. The van der Waals surface area contributed by atoms with Gasteiger partial charge in [0.2, 0.25) is 11.8 Å². The topological polar surface area (TPSA) is 373 Å². The fraction of sp³-hybridized carbons (Fsp3) is 0.931. The minimum atomic E-state index is -3.08. The second kappa shape index (κ2) is 52.5. The molecular formula is C72H134N2O21. The Balaban J connectivity index is 1.57. The standard InChI is InChI=1S/C72H134N2O21/c1-4-6-8-10-12-14-16-18-20-22-24-26-28-30-32-34-36-38-40-42-44-46-59(82)74-53(54(79)45-43-41-39-37-35-33-31-29-27-25-23-21-19-17-15-13-11-9-7-5-2)51-90-69-64(86)63(85)66(58(50-77)92-69)93-70-65(87)68(62(84)57(49-76)91-70)95-72(71(88)89)47-55(80)60(73-52(3)78)67(94-72)61(83)56(81)48-75/h43,45,53-58,60-70,75-77,79-81,83-87H,4-42,44,46-51H2,1-3H3,(H,73,78)(H,74,82)(H,88,89)/b45-43+. The highest BCUT2D eigenvalue weighted by Gasteiger charge is 2.60. The van der Waals surface area contributed by atoms with Gasteiger partial charge in [0.05, 0.1) is 50.7 Å². The van der Waals surface area contributed by atoms with Crippen LogP contribution in [0.15, 0.2) is 12.2 Å². The summed E-state index contributed by atoms with van der Waals surface area (Å²) < 4.78 is 34.9. The summed E-state index contributed by atoms with van der Waals surface area (Å²) in [6, 6.07) is -2.61. The van der Waals surface area contributed by atoms with Gasteiger partial charge in [-0.15, -0.1) is 0 Å². The van der Waals surface area contributed by atoms with Crippen molar-refractivity contribution in [3.8, 4) is 0 Å². The van der Waals surface area contributed by atoms with Crippen LogP contribution in [0.5, 0.6) is 0 Å². The van der Waals surface area contributed by atoms with E-state index in [2.05, 4.69) is 24.5 Å². The Morgan fingerprint density at radius 2 is 0.979 bits per heavy atom. The van der Waals surface area contributed by atoms with Crippen molar-refractivity contribution in [1.82, 2.24) is 10.6 Å². The third-order valence-corrected chi connectivity index (χ3v) is 19.2. The number of carboxylic acids is 1. The molecule has 18 unspecified atom stereocenters. The molecule has 3 aliphatic heterocycles. The van der Waals surface area contributed by atoms with Gasteiger partial charge in [0.15, 0.2) is 12.6 Å². The maximum absolute atomic E-state index is 13.5. The van der Waals surface area contributed by atoms with E-state index in [1.54, 1.807) is 6.08 Å². The van der Waals surface area contributed by atoms with Crippen molar-refractivity contribution in [3.63, 3.8) is 0 Å². The first-order chi connectivity index (χ1) is 45.9. The van der Waals surface area contributed by atoms with E-state index < -0.39 is 155 Å². The summed E-state index contributed by atoms with van der Waals surface area (Å²) in [7, 11) is 0. The van der Waals surface area contributed by atoms with Crippen LogP contribution in [0.2, 0.25) is 0 Å². The van der Waals surface area contributed by atoms with Gasteiger partial charge in [-0.2, -0.15) is 0 Å². The first kappa shape index (κ1) is 86.7. The lowest BCUT2D eigenvalue weighted by atomic mass is 9.88. The average Bonchev–Trinajstić information content (AvgIpc) is 0.757. The van der Waals surface area contributed by atoms with Crippen LogP contribution in [-0.2, 0) is 42.8 Å². The Hall–Kier alpha value is -2.53. The largest absolute Gasteiger partial charge is 0.477 e. The predicted molar refractivity (Wildman–Crippen MR) is 362 cm³/mol. The molecule has 95 heavy (non-hydrogen) atoms. The molecule has 2 amide bonds. The molecular weight excluding hydrogens is 1230 g/mol. The number of aliphatic carboxylic acids is 1. The third kappa shape index (κ3) is 34.1. The van der Waals surface area contributed by atoms with Crippen LogP contribution < -0.4 is 10.6 Å². The van der Waals surface area contributed by atoms with Gasteiger partial charge in [-0.05, 0) is 19.3 Å². The summed E-state index contributed by atoms with van der Waals surface area (Å²) >= 11 is 0. The SMILES string of the molecule is CCCCCCCCCCCCCCCCCCCC/C=C/C(O)C(COC1OC(CO)C(OC2OC(CO)C(O)C(OC3(C(=O)O)CC(O)C(NC(C)=O)C(C(O)C(O)CO)O3)C2O)C(O)C1O)NC(=O)CCCCCCCCCCCCCCCCCCCCCCC. The van der Waals surface area contributed by atoms with Crippen molar-refractivity contribution in [2.45, 2.75) is 400 Å². The minimum absolute atomic E-state index is 0.205. The number of ether oxygens (including phenoxy) is 6. The van der Waals surface area contributed by atoms with Crippen molar-refractivity contribution in [2.75, 3.05) is 26.4 Å². The number of aliphatic hydroxyl groups is 11. The molecule has 23 nitrogen and oxygen atoms in total. The summed E-state index contributed by atoms with van der Waals surface area (Å²) in [6.07, 6.45) is 23.8. The van der Waals surface area contributed by atoms with Crippen LogP contribution in [0.4, 0.5) is 0 Å². The second-order valence-electron chi connectivity index (χ2n) is 27.5. The van der Waals surface area contributed by atoms with Crippen LogP contribution in [-0.4, -0.2) is 215 Å². The van der Waals surface area contributed by atoms with Crippen molar-refractivity contribution >= 4 is 17.8 Å². The number of unbranched alkanes of at least 4 members (excludes halogenated alkanes) is 38. The van der Waals surface area contributed by atoms with E-state index in [1.165, 1.54) is 199 Å². The van der Waals surface area contributed by atoms with Crippen LogP contribution in [0.25, 0.3) is 0 Å². The van der Waals surface area contributed by atoms with Crippen molar-refractivity contribution in [3.05, 3.63) is 12.2 Å². The van der Waals surface area contributed by atoms with Gasteiger partial charge in [0, 0.05) is 19.8 Å². The average molecular weight is 1360 g/mol. The maximum atomic E-state index is 13.5. The zero-order chi connectivity index (χ0) is 69.6. The molecule has 3 aliphatic rings. The molecule has 3 heterocycles. The number of amides is 2. The predicted octanol–water partition coefficient (Wildman–Crippen LogP) is 8.24. The van der Waals surface area contributed by atoms with Crippen molar-refractivity contribution in [1.29, 1.82) is 0 Å². The zero-order valence-corrected chi connectivity index (χ0v) is 58.5. The van der Waals surface area contributed by atoms with E-state index in [0.717, 1.165) is 51.9 Å². The molecule has 0 aromatic carbocycles.